The van der Waals surface area contributed by atoms with Crippen LogP contribution in [0.4, 0.5) is 11.6 Å². The zero-order chi connectivity index (χ0) is 18.6. The minimum absolute atomic E-state index is 0.120. The Morgan fingerprint density at radius 3 is 2.93 bits per heavy atom. The van der Waals surface area contributed by atoms with Crippen molar-refractivity contribution in [2.24, 2.45) is 0 Å². The third-order valence-corrected chi connectivity index (χ3v) is 5.32. The van der Waals surface area contributed by atoms with Crippen LogP contribution in [0.2, 0.25) is 0 Å². The molecule has 140 valence electrons. The van der Waals surface area contributed by atoms with Crippen molar-refractivity contribution in [3.63, 3.8) is 0 Å². The van der Waals surface area contributed by atoms with Crippen LogP contribution in [-0.2, 0) is 6.42 Å². The van der Waals surface area contributed by atoms with Gasteiger partial charge in [-0.1, -0.05) is 29.8 Å². The number of allylic oxidation sites excluding steroid dienone is 1. The second-order valence-corrected chi connectivity index (χ2v) is 7.34. The van der Waals surface area contributed by atoms with Gasteiger partial charge in [-0.05, 0) is 63.1 Å². The summed E-state index contributed by atoms with van der Waals surface area (Å²) in [6.45, 7) is 3.42. The first-order valence-electron chi connectivity index (χ1n) is 9.88. The zero-order valence-electron chi connectivity index (χ0n) is 15.9. The average Bonchev–Trinajstić information content (AvgIpc) is 3.12. The molecule has 0 fully saturated rings. The Hall–Kier alpha value is -2.69. The highest BCUT2D eigenvalue weighted by Crippen LogP contribution is 2.32. The summed E-state index contributed by atoms with van der Waals surface area (Å²) >= 11 is 0. The van der Waals surface area contributed by atoms with Gasteiger partial charge in [0, 0.05) is 24.5 Å². The van der Waals surface area contributed by atoms with Gasteiger partial charge in [0.15, 0.2) is 0 Å². The lowest BCUT2D eigenvalue weighted by molar-refractivity contribution is 0.0949. The number of anilines is 2. The largest absolute Gasteiger partial charge is 0.350 e. The maximum absolute atomic E-state index is 12.6. The first-order valence-corrected chi connectivity index (χ1v) is 9.88. The van der Waals surface area contributed by atoms with Crippen LogP contribution in [0, 0.1) is 6.92 Å². The van der Waals surface area contributed by atoms with Gasteiger partial charge in [-0.15, -0.1) is 0 Å². The first-order chi connectivity index (χ1) is 13.2. The number of nitrogens with zero attached hydrogens (tertiary/aromatic N) is 3. The Morgan fingerprint density at radius 2 is 2.07 bits per heavy atom. The SMILES string of the molecule is Cc1cc(C(=O)NCCC2=CCCCC2)nc(N2CCc3ccccc32)n1. The van der Waals surface area contributed by atoms with E-state index in [-0.39, 0.29) is 5.91 Å². The van der Waals surface area contributed by atoms with E-state index in [0.717, 1.165) is 30.8 Å². The van der Waals surface area contributed by atoms with E-state index in [1.807, 2.05) is 13.0 Å². The normalized spacial score (nSPS) is 16.0. The summed E-state index contributed by atoms with van der Waals surface area (Å²) < 4.78 is 0. The summed E-state index contributed by atoms with van der Waals surface area (Å²) in [4.78, 5) is 23.9. The van der Waals surface area contributed by atoms with Crippen LogP contribution in [0.1, 0.15) is 53.8 Å². The third-order valence-electron chi connectivity index (χ3n) is 5.32. The maximum Gasteiger partial charge on any atom is 0.270 e. The summed E-state index contributed by atoms with van der Waals surface area (Å²) in [7, 11) is 0. The van der Waals surface area contributed by atoms with E-state index in [9.17, 15) is 4.79 Å². The van der Waals surface area contributed by atoms with Crippen LogP contribution >= 0.6 is 0 Å². The van der Waals surface area contributed by atoms with Gasteiger partial charge < -0.3 is 10.2 Å². The Labute approximate surface area is 160 Å². The molecule has 0 saturated carbocycles. The van der Waals surface area contributed by atoms with Crippen molar-refractivity contribution in [2.75, 3.05) is 18.0 Å². The first kappa shape index (κ1) is 17.7. The van der Waals surface area contributed by atoms with Crippen LogP contribution in [0.15, 0.2) is 42.0 Å². The van der Waals surface area contributed by atoms with Crippen LogP contribution in [0.3, 0.4) is 0 Å². The highest BCUT2D eigenvalue weighted by Gasteiger charge is 2.23. The molecule has 0 atom stereocenters. The molecule has 1 N–H and O–H groups in total. The Morgan fingerprint density at radius 1 is 1.19 bits per heavy atom. The van der Waals surface area contributed by atoms with E-state index in [1.54, 1.807) is 6.07 Å². The highest BCUT2D eigenvalue weighted by molar-refractivity contribution is 5.92. The third kappa shape index (κ3) is 4.02. The van der Waals surface area contributed by atoms with Crippen molar-refractivity contribution in [3.05, 3.63) is 58.9 Å². The van der Waals surface area contributed by atoms with Gasteiger partial charge in [0.1, 0.15) is 5.69 Å². The molecule has 0 radical (unpaired) electrons. The number of hydrogen-bond acceptors (Lipinski definition) is 4. The molecular weight excluding hydrogens is 336 g/mol. The number of nitrogens with one attached hydrogen (secondary N) is 1. The number of benzene rings is 1. The van der Waals surface area contributed by atoms with Gasteiger partial charge in [-0.25, -0.2) is 9.97 Å². The Balaban J connectivity index is 1.46. The lowest BCUT2D eigenvalue weighted by atomic mass is 9.97. The molecule has 1 aromatic heterocycles. The number of para-hydroxylation sites is 1. The maximum atomic E-state index is 12.6. The van der Waals surface area contributed by atoms with Gasteiger partial charge in [0.05, 0.1) is 0 Å². The fourth-order valence-electron chi connectivity index (χ4n) is 3.89. The summed E-state index contributed by atoms with van der Waals surface area (Å²) in [5, 5.41) is 3.02. The number of rotatable bonds is 5. The molecule has 1 aliphatic heterocycles. The van der Waals surface area contributed by atoms with Crippen molar-refractivity contribution in [3.8, 4) is 0 Å². The number of aromatic nitrogens is 2. The van der Waals surface area contributed by atoms with E-state index in [0.29, 0.717) is 18.2 Å². The number of carbonyl (C=O) groups is 1. The van der Waals surface area contributed by atoms with Crippen molar-refractivity contribution in [2.45, 2.75) is 45.4 Å². The van der Waals surface area contributed by atoms with Crippen LogP contribution in [0.5, 0.6) is 0 Å². The van der Waals surface area contributed by atoms with E-state index < -0.39 is 0 Å². The molecule has 2 heterocycles. The molecule has 1 amide bonds. The minimum Gasteiger partial charge on any atom is -0.350 e. The lowest BCUT2D eigenvalue weighted by Gasteiger charge is -2.18. The standard InChI is InChI=1S/C22H26N4O/c1-16-15-19(21(27)23-13-11-17-7-3-2-4-8-17)25-22(24-16)26-14-12-18-9-5-6-10-20(18)26/h5-7,9-10,15H,2-4,8,11-14H2,1H3,(H,23,27). The number of fused-ring (bicyclic) bond motifs is 1. The number of aryl methyl sites for hydroxylation is 1. The molecule has 4 rings (SSSR count). The van der Waals surface area contributed by atoms with E-state index in [2.05, 4.69) is 44.5 Å². The van der Waals surface area contributed by atoms with E-state index in [1.165, 1.54) is 36.8 Å². The molecule has 1 aliphatic carbocycles. The van der Waals surface area contributed by atoms with Crippen LogP contribution in [-0.4, -0.2) is 29.0 Å². The van der Waals surface area contributed by atoms with Crippen LogP contribution < -0.4 is 10.2 Å². The molecule has 0 spiro atoms. The van der Waals surface area contributed by atoms with Gasteiger partial charge >= 0.3 is 0 Å². The van der Waals surface area contributed by atoms with E-state index >= 15 is 0 Å². The Bertz CT molecular complexity index is 874. The van der Waals surface area contributed by atoms with Crippen molar-refractivity contribution >= 4 is 17.5 Å². The van der Waals surface area contributed by atoms with Crippen molar-refractivity contribution in [1.82, 2.24) is 15.3 Å². The number of carbonyl (C=O) groups excluding carboxylic acids is 1. The molecule has 5 heteroatoms. The second-order valence-electron chi connectivity index (χ2n) is 7.34. The Kier molecular flexibility index (Phi) is 5.19. The van der Waals surface area contributed by atoms with Gasteiger partial charge in [-0.3, -0.25) is 4.79 Å². The molecule has 0 unspecified atom stereocenters. The van der Waals surface area contributed by atoms with Crippen LogP contribution in [0.25, 0.3) is 0 Å². The molecule has 1 aromatic carbocycles. The fourth-order valence-corrected chi connectivity index (χ4v) is 3.89. The van der Waals surface area contributed by atoms with Gasteiger partial charge in [0.2, 0.25) is 5.95 Å². The van der Waals surface area contributed by atoms with Crippen molar-refractivity contribution in [1.29, 1.82) is 0 Å². The molecule has 2 aliphatic rings. The van der Waals surface area contributed by atoms with Gasteiger partial charge in [0.25, 0.3) is 5.91 Å². The highest BCUT2D eigenvalue weighted by atomic mass is 16.1. The van der Waals surface area contributed by atoms with Crippen molar-refractivity contribution < 1.29 is 4.79 Å². The summed E-state index contributed by atoms with van der Waals surface area (Å²) in [6.07, 6.45) is 9.14. The fraction of sp³-hybridized carbons (Fsp3) is 0.409. The topological polar surface area (TPSA) is 58.1 Å². The quantitative estimate of drug-likeness (QED) is 0.814. The lowest BCUT2D eigenvalue weighted by Crippen LogP contribution is -2.27. The number of hydrogen-bond donors (Lipinski definition) is 1. The molecule has 0 saturated heterocycles. The summed E-state index contributed by atoms with van der Waals surface area (Å²) in [5.74, 6) is 0.491. The monoisotopic (exact) mass is 362 g/mol. The summed E-state index contributed by atoms with van der Waals surface area (Å²) in [6, 6.07) is 10.1. The predicted molar refractivity (Wildman–Crippen MR) is 107 cm³/mol. The second kappa shape index (κ2) is 7.91. The molecule has 27 heavy (non-hydrogen) atoms. The molecule has 0 bridgehead atoms. The minimum atomic E-state index is -0.120. The summed E-state index contributed by atoms with van der Waals surface area (Å²) in [5.41, 5.74) is 5.16. The number of amides is 1. The smallest absolute Gasteiger partial charge is 0.270 e. The molecule has 2 aromatic rings. The van der Waals surface area contributed by atoms with Gasteiger partial charge in [-0.2, -0.15) is 0 Å². The van der Waals surface area contributed by atoms with E-state index in [4.69, 9.17) is 0 Å². The predicted octanol–water partition coefficient (Wildman–Crippen LogP) is 4.10. The molecule has 5 nitrogen and oxygen atoms in total. The average molecular weight is 362 g/mol. The zero-order valence-corrected chi connectivity index (χ0v) is 15.9. The molecular formula is C22H26N4O.